The van der Waals surface area contributed by atoms with Crippen LogP contribution in [0, 0.1) is 12.8 Å². The molecule has 7 nitrogen and oxygen atoms in total. The first-order valence-electron chi connectivity index (χ1n) is 9.56. The monoisotopic (exact) mass is 394 g/mol. The molecule has 0 saturated carbocycles. The van der Waals surface area contributed by atoms with Crippen molar-refractivity contribution in [3.63, 3.8) is 0 Å². The lowest BCUT2D eigenvalue weighted by Crippen LogP contribution is -2.47. The van der Waals surface area contributed by atoms with E-state index >= 15 is 0 Å². The van der Waals surface area contributed by atoms with Gasteiger partial charge < -0.3 is 15.1 Å². The Balaban J connectivity index is 1.77. The standard InChI is InChI=1S/C19H30N4O3S/c1-15-6-7-17(20-19(24)16-5-4-8-22(3)14-16)13-18(15)27(25,26)23-11-9-21(2)10-12-23/h6-7,13,16H,4-5,8-12,14H2,1-3H3,(H,20,24). The summed E-state index contributed by atoms with van der Waals surface area (Å²) in [6, 6.07) is 5.15. The van der Waals surface area contributed by atoms with Gasteiger partial charge in [0.15, 0.2) is 0 Å². The van der Waals surface area contributed by atoms with Crippen molar-refractivity contribution in [1.29, 1.82) is 0 Å². The molecule has 0 aromatic heterocycles. The summed E-state index contributed by atoms with van der Waals surface area (Å²) in [6.07, 6.45) is 1.88. The topological polar surface area (TPSA) is 73.0 Å². The summed E-state index contributed by atoms with van der Waals surface area (Å²) < 4.78 is 27.7. The van der Waals surface area contributed by atoms with Crippen molar-refractivity contribution in [2.24, 2.45) is 5.92 Å². The molecule has 0 spiro atoms. The van der Waals surface area contributed by atoms with E-state index in [1.54, 1.807) is 25.1 Å². The molecule has 2 aliphatic rings. The number of piperazine rings is 1. The fraction of sp³-hybridized carbons (Fsp3) is 0.632. The quantitative estimate of drug-likeness (QED) is 0.831. The van der Waals surface area contributed by atoms with Crippen molar-refractivity contribution in [2.75, 3.05) is 58.7 Å². The molecule has 1 amide bonds. The molecular formula is C19H30N4O3S. The molecule has 2 saturated heterocycles. The summed E-state index contributed by atoms with van der Waals surface area (Å²) in [7, 11) is 0.453. The Bertz CT molecular complexity index is 788. The minimum absolute atomic E-state index is 0.0339. The van der Waals surface area contributed by atoms with Crippen molar-refractivity contribution < 1.29 is 13.2 Å². The normalized spacial score (nSPS) is 23.3. The number of nitrogens with zero attached hydrogens (tertiary/aromatic N) is 3. The first-order chi connectivity index (χ1) is 12.8. The molecule has 2 aliphatic heterocycles. The van der Waals surface area contributed by atoms with Gasteiger partial charge in [-0.3, -0.25) is 4.79 Å². The fourth-order valence-corrected chi connectivity index (χ4v) is 5.42. The fourth-order valence-electron chi connectivity index (χ4n) is 3.75. The van der Waals surface area contributed by atoms with Crippen LogP contribution in [-0.2, 0) is 14.8 Å². The summed E-state index contributed by atoms with van der Waals surface area (Å²) in [5, 5.41) is 2.93. The van der Waals surface area contributed by atoms with Crippen molar-refractivity contribution in [2.45, 2.75) is 24.7 Å². The molecule has 0 radical (unpaired) electrons. The predicted molar refractivity (Wildman–Crippen MR) is 106 cm³/mol. The number of sulfonamides is 1. The summed E-state index contributed by atoms with van der Waals surface area (Å²) in [4.78, 5) is 17.2. The molecule has 2 fully saturated rings. The SMILES string of the molecule is Cc1ccc(NC(=O)C2CCCN(C)C2)cc1S(=O)(=O)N1CCN(C)CC1. The molecule has 27 heavy (non-hydrogen) atoms. The molecular weight excluding hydrogens is 364 g/mol. The van der Waals surface area contributed by atoms with Crippen LogP contribution in [0.25, 0.3) is 0 Å². The van der Waals surface area contributed by atoms with Gasteiger partial charge in [-0.05, 0) is 58.1 Å². The Morgan fingerprint density at radius 2 is 1.78 bits per heavy atom. The maximum Gasteiger partial charge on any atom is 0.243 e. The van der Waals surface area contributed by atoms with Gasteiger partial charge in [-0.1, -0.05) is 6.07 Å². The number of anilines is 1. The van der Waals surface area contributed by atoms with Crippen molar-refractivity contribution in [3.05, 3.63) is 23.8 Å². The van der Waals surface area contributed by atoms with Gasteiger partial charge in [-0.25, -0.2) is 8.42 Å². The first-order valence-corrected chi connectivity index (χ1v) is 11.0. The zero-order valence-corrected chi connectivity index (χ0v) is 17.3. The number of nitrogens with one attached hydrogen (secondary N) is 1. The molecule has 3 rings (SSSR count). The molecule has 1 aromatic carbocycles. The van der Waals surface area contributed by atoms with E-state index in [0.717, 1.165) is 39.0 Å². The number of carbonyl (C=O) groups excluding carboxylic acids is 1. The molecule has 1 unspecified atom stereocenters. The minimum atomic E-state index is -3.56. The van der Waals surface area contributed by atoms with E-state index in [9.17, 15) is 13.2 Å². The van der Waals surface area contributed by atoms with Gasteiger partial charge in [0.2, 0.25) is 15.9 Å². The van der Waals surface area contributed by atoms with Crippen LogP contribution in [-0.4, -0.2) is 81.8 Å². The van der Waals surface area contributed by atoms with Gasteiger partial charge >= 0.3 is 0 Å². The van der Waals surface area contributed by atoms with Crippen molar-refractivity contribution in [3.8, 4) is 0 Å². The van der Waals surface area contributed by atoms with E-state index in [2.05, 4.69) is 15.1 Å². The molecule has 0 aliphatic carbocycles. The number of aryl methyl sites for hydroxylation is 1. The summed E-state index contributed by atoms with van der Waals surface area (Å²) in [5.41, 5.74) is 1.25. The van der Waals surface area contributed by atoms with Crippen LogP contribution in [0.5, 0.6) is 0 Å². The Labute approximate surface area is 162 Å². The van der Waals surface area contributed by atoms with Gasteiger partial charge in [-0.2, -0.15) is 4.31 Å². The third-order valence-electron chi connectivity index (χ3n) is 5.53. The van der Waals surface area contributed by atoms with Crippen molar-refractivity contribution >= 4 is 21.6 Å². The van der Waals surface area contributed by atoms with Crippen molar-refractivity contribution in [1.82, 2.24) is 14.1 Å². The Morgan fingerprint density at radius 3 is 2.44 bits per heavy atom. The molecule has 0 bridgehead atoms. The number of likely N-dealkylation sites (N-methyl/N-ethyl adjacent to an activating group) is 1. The van der Waals surface area contributed by atoms with Crippen LogP contribution < -0.4 is 5.32 Å². The highest BCUT2D eigenvalue weighted by Crippen LogP contribution is 2.25. The lowest BCUT2D eigenvalue weighted by molar-refractivity contribution is -0.121. The molecule has 150 valence electrons. The van der Waals surface area contributed by atoms with Gasteiger partial charge in [0.25, 0.3) is 0 Å². The maximum atomic E-state index is 13.1. The van der Waals surface area contributed by atoms with E-state index < -0.39 is 10.0 Å². The van der Waals surface area contributed by atoms with Crippen LogP contribution in [0.15, 0.2) is 23.1 Å². The van der Waals surface area contributed by atoms with Crippen LogP contribution in [0.1, 0.15) is 18.4 Å². The highest BCUT2D eigenvalue weighted by atomic mass is 32.2. The van der Waals surface area contributed by atoms with Crippen LogP contribution in [0.4, 0.5) is 5.69 Å². The van der Waals surface area contributed by atoms with Crippen LogP contribution in [0.2, 0.25) is 0 Å². The Hall–Kier alpha value is -1.48. The largest absolute Gasteiger partial charge is 0.326 e. The van der Waals surface area contributed by atoms with Gasteiger partial charge in [0.05, 0.1) is 10.8 Å². The molecule has 2 heterocycles. The summed E-state index contributed by atoms with van der Waals surface area (Å²) in [6.45, 7) is 5.98. The van der Waals surface area contributed by atoms with Gasteiger partial charge in [0.1, 0.15) is 0 Å². The van der Waals surface area contributed by atoms with Crippen LogP contribution in [0.3, 0.4) is 0 Å². The number of piperidine rings is 1. The lowest BCUT2D eigenvalue weighted by Gasteiger charge is -2.32. The average molecular weight is 395 g/mol. The highest BCUT2D eigenvalue weighted by molar-refractivity contribution is 7.89. The van der Waals surface area contributed by atoms with E-state index in [1.165, 1.54) is 4.31 Å². The highest BCUT2D eigenvalue weighted by Gasteiger charge is 2.29. The Morgan fingerprint density at radius 1 is 1.07 bits per heavy atom. The Kier molecular flexibility index (Phi) is 6.20. The zero-order valence-electron chi connectivity index (χ0n) is 16.4. The van der Waals surface area contributed by atoms with Crippen LogP contribution >= 0.6 is 0 Å². The minimum Gasteiger partial charge on any atom is -0.326 e. The van der Waals surface area contributed by atoms with E-state index in [-0.39, 0.29) is 16.7 Å². The van der Waals surface area contributed by atoms with Gasteiger partial charge in [-0.15, -0.1) is 0 Å². The third-order valence-corrected chi connectivity index (χ3v) is 7.57. The number of rotatable bonds is 4. The van der Waals surface area contributed by atoms with Gasteiger partial charge in [0, 0.05) is 38.4 Å². The number of amides is 1. The molecule has 1 N–H and O–H groups in total. The first kappa shape index (κ1) is 20.3. The second kappa shape index (κ2) is 8.26. The molecule has 1 aromatic rings. The molecule has 8 heteroatoms. The summed E-state index contributed by atoms with van der Waals surface area (Å²) in [5.74, 6) is -0.0870. The van der Waals surface area contributed by atoms with E-state index in [0.29, 0.717) is 24.3 Å². The lowest BCUT2D eigenvalue weighted by atomic mass is 9.97. The number of likely N-dealkylation sites (tertiary alicyclic amines) is 1. The number of benzene rings is 1. The molecule has 1 atom stereocenters. The van der Waals surface area contributed by atoms with E-state index in [4.69, 9.17) is 0 Å². The second-order valence-corrected chi connectivity index (χ2v) is 9.68. The predicted octanol–water partition coefficient (Wildman–Crippen LogP) is 1.21. The zero-order chi connectivity index (χ0) is 19.6. The van der Waals surface area contributed by atoms with E-state index in [1.807, 2.05) is 14.1 Å². The average Bonchev–Trinajstić information content (AvgIpc) is 2.63. The number of carbonyl (C=O) groups is 1. The number of hydrogen-bond donors (Lipinski definition) is 1. The smallest absolute Gasteiger partial charge is 0.243 e. The third kappa shape index (κ3) is 4.68. The summed E-state index contributed by atoms with van der Waals surface area (Å²) >= 11 is 0. The number of hydrogen-bond acceptors (Lipinski definition) is 5. The maximum absolute atomic E-state index is 13.1. The second-order valence-electron chi connectivity index (χ2n) is 7.78.